The number of carboxylic acid groups (broad SMARTS) is 1. The molecule has 1 saturated heterocycles. The second-order valence-electron chi connectivity index (χ2n) is 9.58. The molecule has 2 N–H and O–H groups in total. The summed E-state index contributed by atoms with van der Waals surface area (Å²) < 4.78 is 0. The third-order valence-electron chi connectivity index (χ3n) is 7.00. The molecule has 1 aliphatic heterocycles. The number of hydrogen-bond acceptors (Lipinski definition) is 4. The van der Waals surface area contributed by atoms with Gasteiger partial charge in [-0.1, -0.05) is 83.9 Å². The van der Waals surface area contributed by atoms with Crippen molar-refractivity contribution < 1.29 is 19.5 Å². The Kier molecular flexibility index (Phi) is 10.3. The van der Waals surface area contributed by atoms with Gasteiger partial charge in [0.25, 0.3) is 0 Å². The lowest BCUT2D eigenvalue weighted by Gasteiger charge is -2.31. The molecule has 3 aromatic rings. The van der Waals surface area contributed by atoms with Gasteiger partial charge in [0.15, 0.2) is 0 Å². The van der Waals surface area contributed by atoms with Gasteiger partial charge in [-0.05, 0) is 53.5 Å². The first-order valence-electron chi connectivity index (χ1n) is 12.9. The zero-order valence-electron chi connectivity index (χ0n) is 22.0. The normalized spacial score (nSPS) is 14.7. The summed E-state index contributed by atoms with van der Waals surface area (Å²) in [5.41, 5.74) is 3.60. The zero-order valence-corrected chi connectivity index (χ0v) is 24.3. The fraction of sp³-hybridized carbons (Fsp3) is 0.258. The second-order valence-corrected chi connectivity index (χ2v) is 11.2. The van der Waals surface area contributed by atoms with Gasteiger partial charge >= 0.3 is 5.97 Å². The lowest BCUT2D eigenvalue weighted by Crippen LogP contribution is -2.48. The zero-order chi connectivity index (χ0) is 28.6. The molecular formula is C31H30Cl2N2O4S. The highest BCUT2D eigenvalue weighted by Gasteiger charge is 2.29. The van der Waals surface area contributed by atoms with Crippen LogP contribution < -0.4 is 5.32 Å². The molecular weight excluding hydrogens is 567 g/mol. The molecule has 4 rings (SSSR count). The van der Waals surface area contributed by atoms with Crippen molar-refractivity contribution in [1.82, 2.24) is 10.2 Å². The second kappa shape index (κ2) is 13.9. The van der Waals surface area contributed by atoms with E-state index in [0.717, 1.165) is 21.6 Å². The van der Waals surface area contributed by atoms with Crippen molar-refractivity contribution in [2.75, 3.05) is 19.3 Å². The highest BCUT2D eigenvalue weighted by molar-refractivity contribution is 7.98. The topological polar surface area (TPSA) is 86.7 Å². The third kappa shape index (κ3) is 7.47. The Balaban J connectivity index is 1.29. The predicted octanol–water partition coefficient (Wildman–Crippen LogP) is 6.45. The number of piperidine rings is 1. The largest absolute Gasteiger partial charge is 0.480 e. The SMILES string of the molecule is CSc1ccc(/C=C/C(=O)N2CCC(C(=O)N[C@@H](Cc3ccc(-c4ccccc4)cc3)C(=O)O)CC2)c(Cl)c1Cl. The number of carbonyl (C=O) groups excluding carboxylic acids is 2. The van der Waals surface area contributed by atoms with Gasteiger partial charge in [0.05, 0.1) is 10.0 Å². The summed E-state index contributed by atoms with van der Waals surface area (Å²) in [4.78, 5) is 40.1. The number of likely N-dealkylation sites (tertiary alicyclic amines) is 1. The molecule has 0 unspecified atom stereocenters. The average Bonchev–Trinajstić information content (AvgIpc) is 2.98. The van der Waals surface area contributed by atoms with Crippen molar-refractivity contribution in [2.24, 2.45) is 5.92 Å². The van der Waals surface area contributed by atoms with Crippen molar-refractivity contribution in [3.05, 3.63) is 94.0 Å². The van der Waals surface area contributed by atoms with E-state index >= 15 is 0 Å². The molecule has 0 radical (unpaired) electrons. The van der Waals surface area contributed by atoms with Crippen molar-refractivity contribution >= 4 is 58.8 Å². The summed E-state index contributed by atoms with van der Waals surface area (Å²) in [5.74, 6) is -1.92. The van der Waals surface area contributed by atoms with Crippen molar-refractivity contribution in [1.29, 1.82) is 0 Å². The van der Waals surface area contributed by atoms with E-state index in [-0.39, 0.29) is 24.2 Å². The lowest BCUT2D eigenvalue weighted by molar-refractivity contribution is -0.142. The van der Waals surface area contributed by atoms with E-state index in [4.69, 9.17) is 23.2 Å². The maximum absolute atomic E-state index is 12.9. The first-order valence-corrected chi connectivity index (χ1v) is 14.9. The maximum Gasteiger partial charge on any atom is 0.326 e. The molecule has 0 aromatic heterocycles. The van der Waals surface area contributed by atoms with Gasteiger partial charge in [-0.25, -0.2) is 4.79 Å². The number of hydrogen-bond donors (Lipinski definition) is 2. The van der Waals surface area contributed by atoms with Gasteiger partial charge in [-0.15, -0.1) is 11.8 Å². The minimum Gasteiger partial charge on any atom is -0.480 e. The van der Waals surface area contributed by atoms with Gasteiger partial charge in [0.2, 0.25) is 11.8 Å². The van der Waals surface area contributed by atoms with Crippen LogP contribution in [0, 0.1) is 5.92 Å². The minimum absolute atomic E-state index is 0.178. The predicted molar refractivity (Wildman–Crippen MR) is 162 cm³/mol. The van der Waals surface area contributed by atoms with Crippen LogP contribution in [0.15, 0.2) is 77.7 Å². The van der Waals surface area contributed by atoms with Crippen LogP contribution in [0.25, 0.3) is 17.2 Å². The van der Waals surface area contributed by atoms with Crippen LogP contribution >= 0.6 is 35.0 Å². The van der Waals surface area contributed by atoms with Crippen LogP contribution in [0.3, 0.4) is 0 Å². The van der Waals surface area contributed by atoms with E-state index in [1.165, 1.54) is 17.8 Å². The molecule has 208 valence electrons. The van der Waals surface area contributed by atoms with Gasteiger partial charge in [0, 0.05) is 36.4 Å². The Morgan fingerprint density at radius 1 is 0.975 bits per heavy atom. The van der Waals surface area contributed by atoms with Crippen molar-refractivity contribution in [3.8, 4) is 11.1 Å². The Labute approximate surface area is 248 Å². The molecule has 1 heterocycles. The number of rotatable bonds is 9. The molecule has 0 aliphatic carbocycles. The highest BCUT2D eigenvalue weighted by atomic mass is 35.5. The first kappa shape index (κ1) is 29.7. The molecule has 40 heavy (non-hydrogen) atoms. The van der Waals surface area contributed by atoms with Crippen LogP contribution in [0.5, 0.6) is 0 Å². The molecule has 0 bridgehead atoms. The summed E-state index contributed by atoms with van der Waals surface area (Å²) in [6, 6.07) is 20.2. The minimum atomic E-state index is -1.08. The summed E-state index contributed by atoms with van der Waals surface area (Å²) in [5, 5.41) is 13.3. The standard InChI is InChI=1S/C31H30Cl2N2O4S/c1-40-26-13-11-23(28(32)29(26)33)12-14-27(36)35-17-15-24(16-18-35)30(37)34-25(31(38)39)19-20-7-9-22(10-8-20)21-5-3-2-4-6-21/h2-14,24-25H,15-19H2,1H3,(H,34,37)(H,38,39)/b14-12+/t25-/m0/s1. The summed E-state index contributed by atoms with van der Waals surface area (Å²) in [6.45, 7) is 0.805. The number of aliphatic carboxylic acids is 1. The fourth-order valence-corrected chi connectivity index (χ4v) is 5.82. The van der Waals surface area contributed by atoms with E-state index in [2.05, 4.69) is 5.32 Å². The van der Waals surface area contributed by atoms with Crippen LogP contribution in [0.2, 0.25) is 10.0 Å². The summed E-state index contributed by atoms with van der Waals surface area (Å²) >= 11 is 14.1. The maximum atomic E-state index is 12.9. The Hall–Kier alpha value is -3.26. The monoisotopic (exact) mass is 596 g/mol. The Bertz CT molecular complexity index is 1390. The molecule has 2 amide bonds. The molecule has 9 heteroatoms. The van der Waals surface area contributed by atoms with Crippen LogP contribution in [0.4, 0.5) is 0 Å². The van der Waals surface area contributed by atoms with E-state index in [9.17, 15) is 19.5 Å². The number of halogens is 2. The molecule has 1 fully saturated rings. The molecule has 1 aliphatic rings. The lowest BCUT2D eigenvalue weighted by atomic mass is 9.94. The summed E-state index contributed by atoms with van der Waals surface area (Å²) in [7, 11) is 0. The Morgan fingerprint density at radius 3 is 2.25 bits per heavy atom. The van der Waals surface area contributed by atoms with Crippen molar-refractivity contribution in [3.63, 3.8) is 0 Å². The number of nitrogens with one attached hydrogen (secondary N) is 1. The molecule has 1 atom stereocenters. The van der Waals surface area contributed by atoms with Gasteiger partial charge < -0.3 is 15.3 Å². The highest BCUT2D eigenvalue weighted by Crippen LogP contribution is 2.35. The van der Waals surface area contributed by atoms with E-state index in [0.29, 0.717) is 41.5 Å². The van der Waals surface area contributed by atoms with Crippen LogP contribution in [0.1, 0.15) is 24.0 Å². The smallest absolute Gasteiger partial charge is 0.326 e. The van der Waals surface area contributed by atoms with Crippen LogP contribution in [-0.4, -0.2) is 53.2 Å². The van der Waals surface area contributed by atoms with Gasteiger partial charge in [-0.2, -0.15) is 0 Å². The fourth-order valence-electron chi connectivity index (χ4n) is 4.65. The molecule has 0 spiro atoms. The van der Waals surface area contributed by atoms with Gasteiger partial charge in [0.1, 0.15) is 6.04 Å². The summed E-state index contributed by atoms with van der Waals surface area (Å²) in [6.07, 6.45) is 6.11. The number of amides is 2. The van der Waals surface area contributed by atoms with E-state index in [1.54, 1.807) is 11.0 Å². The number of carboxylic acids is 1. The molecule has 6 nitrogen and oxygen atoms in total. The number of nitrogens with zero attached hydrogens (tertiary/aromatic N) is 1. The number of benzene rings is 3. The van der Waals surface area contributed by atoms with Crippen molar-refractivity contribution in [2.45, 2.75) is 30.2 Å². The quantitative estimate of drug-likeness (QED) is 0.219. The average molecular weight is 598 g/mol. The molecule has 0 saturated carbocycles. The Morgan fingerprint density at radius 2 is 1.62 bits per heavy atom. The van der Waals surface area contributed by atoms with E-state index in [1.807, 2.05) is 73.0 Å². The number of carbonyl (C=O) groups is 3. The van der Waals surface area contributed by atoms with Gasteiger partial charge in [-0.3, -0.25) is 9.59 Å². The first-order chi connectivity index (χ1) is 19.3. The van der Waals surface area contributed by atoms with Crippen LogP contribution in [-0.2, 0) is 20.8 Å². The van der Waals surface area contributed by atoms with E-state index < -0.39 is 12.0 Å². The number of thioether (sulfide) groups is 1. The molecule has 3 aromatic carbocycles. The third-order valence-corrected chi connectivity index (χ3v) is 8.78.